The molecule has 0 atom stereocenters. The van der Waals surface area contributed by atoms with Crippen LogP contribution in [0, 0.1) is 0 Å². The first-order chi connectivity index (χ1) is 6.15. The van der Waals surface area contributed by atoms with Crippen LogP contribution in [0.1, 0.15) is 10.4 Å². The van der Waals surface area contributed by atoms with E-state index in [9.17, 15) is 4.79 Å². The van der Waals surface area contributed by atoms with Crippen LogP contribution in [0.4, 0.5) is 0 Å². The van der Waals surface area contributed by atoms with Crippen molar-refractivity contribution < 1.29 is 14.7 Å². The summed E-state index contributed by atoms with van der Waals surface area (Å²) in [5.74, 6) is -0.438. The number of hydrogen-bond acceptors (Lipinski definition) is 3. The Morgan fingerprint density at radius 1 is 1.62 bits per heavy atom. The zero-order valence-electron chi connectivity index (χ0n) is 6.87. The van der Waals surface area contributed by atoms with Crippen molar-refractivity contribution in [3.8, 4) is 5.75 Å². The summed E-state index contributed by atoms with van der Waals surface area (Å²) in [5.41, 5.74) is 2.37. The summed E-state index contributed by atoms with van der Waals surface area (Å²) in [5, 5.41) is 9.18. The highest BCUT2D eigenvalue weighted by Gasteiger charge is 2.09. The number of aromatic hydroxyl groups is 1. The molecule has 70 valence electrons. The number of halogens is 1. The SMILES string of the molecule is CONC(=O)c1ccc(O)cc1Cl. The number of phenolic OH excluding ortho intramolecular Hbond substituents is 1. The molecule has 0 fully saturated rings. The number of carbonyl (C=O) groups is 1. The molecule has 0 bridgehead atoms. The van der Waals surface area contributed by atoms with Crippen molar-refractivity contribution in [2.24, 2.45) is 0 Å². The van der Waals surface area contributed by atoms with Crippen molar-refractivity contribution in [3.05, 3.63) is 28.8 Å². The van der Waals surface area contributed by atoms with Gasteiger partial charge < -0.3 is 5.11 Å². The molecule has 0 aliphatic heterocycles. The molecular formula is C8H8ClNO3. The van der Waals surface area contributed by atoms with Crippen LogP contribution in [0.25, 0.3) is 0 Å². The second-order valence-electron chi connectivity index (χ2n) is 2.30. The van der Waals surface area contributed by atoms with Gasteiger partial charge in [-0.3, -0.25) is 9.63 Å². The van der Waals surface area contributed by atoms with Crippen LogP contribution in [0.3, 0.4) is 0 Å². The van der Waals surface area contributed by atoms with Gasteiger partial charge in [-0.2, -0.15) is 0 Å². The van der Waals surface area contributed by atoms with E-state index in [-0.39, 0.29) is 16.3 Å². The topological polar surface area (TPSA) is 58.6 Å². The van der Waals surface area contributed by atoms with Gasteiger partial charge >= 0.3 is 0 Å². The molecule has 1 rings (SSSR count). The van der Waals surface area contributed by atoms with Gasteiger partial charge in [-0.25, -0.2) is 5.48 Å². The van der Waals surface area contributed by atoms with Gasteiger partial charge in [-0.15, -0.1) is 0 Å². The Kier molecular flexibility index (Phi) is 3.11. The lowest BCUT2D eigenvalue weighted by atomic mass is 10.2. The van der Waals surface area contributed by atoms with Crippen LogP contribution in [-0.4, -0.2) is 18.1 Å². The molecule has 2 N–H and O–H groups in total. The van der Waals surface area contributed by atoms with Gasteiger partial charge in [0.2, 0.25) is 0 Å². The van der Waals surface area contributed by atoms with E-state index in [2.05, 4.69) is 10.3 Å². The van der Waals surface area contributed by atoms with Crippen LogP contribution in [0.5, 0.6) is 5.75 Å². The fraction of sp³-hybridized carbons (Fsp3) is 0.125. The van der Waals surface area contributed by atoms with E-state index in [1.165, 1.54) is 25.3 Å². The van der Waals surface area contributed by atoms with Crippen molar-refractivity contribution in [3.63, 3.8) is 0 Å². The second-order valence-corrected chi connectivity index (χ2v) is 2.71. The monoisotopic (exact) mass is 201 g/mol. The van der Waals surface area contributed by atoms with Gasteiger partial charge in [0.1, 0.15) is 5.75 Å². The number of phenols is 1. The molecule has 0 aliphatic rings. The second kappa shape index (κ2) is 4.11. The largest absolute Gasteiger partial charge is 0.508 e. The van der Waals surface area contributed by atoms with E-state index in [0.29, 0.717) is 0 Å². The molecule has 1 aromatic carbocycles. The molecule has 0 saturated carbocycles. The Morgan fingerprint density at radius 2 is 2.31 bits per heavy atom. The van der Waals surface area contributed by atoms with Crippen LogP contribution in [0.2, 0.25) is 5.02 Å². The summed E-state index contributed by atoms with van der Waals surface area (Å²) in [6, 6.07) is 4.06. The van der Waals surface area contributed by atoms with Crippen LogP contribution >= 0.6 is 11.6 Å². The molecule has 1 amide bonds. The number of hydroxylamine groups is 1. The van der Waals surface area contributed by atoms with Crippen molar-refractivity contribution in [2.45, 2.75) is 0 Å². The summed E-state index contributed by atoms with van der Waals surface area (Å²) in [6.07, 6.45) is 0. The number of hydrogen-bond donors (Lipinski definition) is 2. The van der Waals surface area contributed by atoms with E-state index in [4.69, 9.17) is 16.7 Å². The highest BCUT2D eigenvalue weighted by molar-refractivity contribution is 6.33. The molecule has 13 heavy (non-hydrogen) atoms. The molecule has 5 heteroatoms. The quantitative estimate of drug-likeness (QED) is 0.710. The zero-order valence-corrected chi connectivity index (χ0v) is 7.63. The predicted molar refractivity (Wildman–Crippen MR) is 47.6 cm³/mol. The summed E-state index contributed by atoms with van der Waals surface area (Å²) < 4.78 is 0. The van der Waals surface area contributed by atoms with Gasteiger partial charge in [-0.05, 0) is 18.2 Å². The Hall–Kier alpha value is -1.26. The normalized spacial score (nSPS) is 9.69. The fourth-order valence-corrected chi connectivity index (χ4v) is 1.10. The average molecular weight is 202 g/mol. The molecule has 0 saturated heterocycles. The zero-order chi connectivity index (χ0) is 9.84. The number of benzene rings is 1. The minimum Gasteiger partial charge on any atom is -0.508 e. The van der Waals surface area contributed by atoms with Crippen LogP contribution < -0.4 is 5.48 Å². The van der Waals surface area contributed by atoms with Crippen molar-refractivity contribution in [1.82, 2.24) is 5.48 Å². The summed E-state index contributed by atoms with van der Waals surface area (Å²) >= 11 is 5.68. The third-order valence-electron chi connectivity index (χ3n) is 1.39. The summed E-state index contributed by atoms with van der Waals surface area (Å²) in [7, 11) is 1.33. The summed E-state index contributed by atoms with van der Waals surface area (Å²) in [4.78, 5) is 15.6. The average Bonchev–Trinajstić information content (AvgIpc) is 2.04. The molecule has 0 heterocycles. The lowest BCUT2D eigenvalue weighted by Crippen LogP contribution is -2.21. The summed E-state index contributed by atoms with van der Waals surface area (Å²) in [6.45, 7) is 0. The van der Waals surface area contributed by atoms with Gasteiger partial charge in [0.15, 0.2) is 0 Å². The Balaban J connectivity index is 2.95. The maximum Gasteiger partial charge on any atom is 0.276 e. The highest BCUT2D eigenvalue weighted by Crippen LogP contribution is 2.21. The number of carbonyl (C=O) groups excluding carboxylic acids is 1. The number of rotatable bonds is 2. The molecular weight excluding hydrogens is 194 g/mol. The molecule has 4 nitrogen and oxygen atoms in total. The van der Waals surface area contributed by atoms with Gasteiger partial charge in [0, 0.05) is 0 Å². The Bertz CT molecular complexity index is 327. The molecule has 0 aromatic heterocycles. The van der Waals surface area contributed by atoms with E-state index in [1.54, 1.807) is 0 Å². The first-order valence-corrected chi connectivity index (χ1v) is 3.85. The third kappa shape index (κ3) is 2.34. The maximum atomic E-state index is 11.2. The van der Waals surface area contributed by atoms with E-state index >= 15 is 0 Å². The fourth-order valence-electron chi connectivity index (χ4n) is 0.836. The van der Waals surface area contributed by atoms with E-state index in [1.807, 2.05) is 0 Å². The third-order valence-corrected chi connectivity index (χ3v) is 1.70. The molecule has 0 spiro atoms. The highest BCUT2D eigenvalue weighted by atomic mass is 35.5. The first kappa shape index (κ1) is 9.83. The Labute approximate surface area is 80.0 Å². The van der Waals surface area contributed by atoms with Crippen molar-refractivity contribution >= 4 is 17.5 Å². The lowest BCUT2D eigenvalue weighted by Gasteiger charge is -2.03. The van der Waals surface area contributed by atoms with Gasteiger partial charge in [-0.1, -0.05) is 11.6 Å². The minimum absolute atomic E-state index is 0.0129. The van der Waals surface area contributed by atoms with E-state index in [0.717, 1.165) is 0 Å². The number of amides is 1. The maximum absolute atomic E-state index is 11.2. The van der Waals surface area contributed by atoms with E-state index < -0.39 is 5.91 Å². The van der Waals surface area contributed by atoms with Crippen molar-refractivity contribution in [1.29, 1.82) is 0 Å². The standard InChI is InChI=1S/C8H8ClNO3/c1-13-10-8(12)6-3-2-5(11)4-7(6)9/h2-4,11H,1H3,(H,10,12). The molecule has 0 aliphatic carbocycles. The van der Waals surface area contributed by atoms with Crippen LogP contribution in [0.15, 0.2) is 18.2 Å². The Morgan fingerprint density at radius 3 is 2.85 bits per heavy atom. The minimum atomic E-state index is -0.451. The predicted octanol–water partition coefficient (Wildman–Crippen LogP) is 1.34. The lowest BCUT2D eigenvalue weighted by molar-refractivity contribution is 0.0538. The van der Waals surface area contributed by atoms with Crippen molar-refractivity contribution in [2.75, 3.05) is 7.11 Å². The molecule has 0 unspecified atom stereocenters. The van der Waals surface area contributed by atoms with Gasteiger partial charge in [0.05, 0.1) is 17.7 Å². The smallest absolute Gasteiger partial charge is 0.276 e. The van der Waals surface area contributed by atoms with Gasteiger partial charge in [0.25, 0.3) is 5.91 Å². The number of nitrogens with one attached hydrogen (secondary N) is 1. The molecule has 0 radical (unpaired) electrons. The first-order valence-electron chi connectivity index (χ1n) is 3.47. The molecule has 1 aromatic rings. The van der Waals surface area contributed by atoms with Crippen LogP contribution in [-0.2, 0) is 4.84 Å².